The van der Waals surface area contributed by atoms with Gasteiger partial charge in [0.2, 0.25) is 5.91 Å². The second-order valence-corrected chi connectivity index (χ2v) is 8.01. The van der Waals surface area contributed by atoms with Crippen molar-refractivity contribution < 1.29 is 4.79 Å². The van der Waals surface area contributed by atoms with E-state index in [0.29, 0.717) is 12.3 Å². The Morgan fingerprint density at radius 3 is 2.54 bits per heavy atom. The van der Waals surface area contributed by atoms with Gasteiger partial charge in [-0.3, -0.25) is 9.36 Å². The third-order valence-corrected chi connectivity index (χ3v) is 6.03. The molecule has 2 aromatic rings. The maximum Gasteiger partial charge on any atom is 0.222 e. The fourth-order valence-corrected chi connectivity index (χ4v) is 4.37. The fourth-order valence-electron chi connectivity index (χ4n) is 4.37. The van der Waals surface area contributed by atoms with Crippen LogP contribution < -0.4 is 4.90 Å². The van der Waals surface area contributed by atoms with Gasteiger partial charge < -0.3 is 9.80 Å². The van der Waals surface area contributed by atoms with E-state index in [4.69, 9.17) is 0 Å². The Morgan fingerprint density at radius 2 is 1.82 bits per heavy atom. The van der Waals surface area contributed by atoms with Crippen molar-refractivity contribution in [1.29, 1.82) is 0 Å². The van der Waals surface area contributed by atoms with Gasteiger partial charge in [-0.25, -0.2) is 15.0 Å². The lowest BCUT2D eigenvalue weighted by Crippen LogP contribution is -2.49. The van der Waals surface area contributed by atoms with E-state index in [2.05, 4.69) is 19.9 Å². The molecule has 1 amide bonds. The van der Waals surface area contributed by atoms with Gasteiger partial charge in [0.05, 0.1) is 0 Å². The molecule has 1 aliphatic heterocycles. The average molecular weight is 383 g/mol. The minimum Gasteiger partial charge on any atom is -0.353 e. The number of hydrogen-bond donors (Lipinski definition) is 0. The van der Waals surface area contributed by atoms with Gasteiger partial charge in [-0.2, -0.15) is 0 Å². The molecule has 0 aromatic carbocycles. The molecule has 150 valence electrons. The van der Waals surface area contributed by atoms with Crippen molar-refractivity contribution in [2.24, 2.45) is 5.92 Å². The van der Waals surface area contributed by atoms with Gasteiger partial charge in [-0.1, -0.05) is 32.1 Å². The highest BCUT2D eigenvalue weighted by molar-refractivity contribution is 5.76. The molecule has 4 rings (SSSR count). The molecule has 2 fully saturated rings. The molecule has 7 nitrogen and oxygen atoms in total. The second kappa shape index (κ2) is 8.71. The molecule has 3 heterocycles. The van der Waals surface area contributed by atoms with Gasteiger partial charge in [-0.05, 0) is 19.3 Å². The lowest BCUT2D eigenvalue weighted by atomic mass is 9.86. The maximum atomic E-state index is 12.6. The zero-order chi connectivity index (χ0) is 19.3. The molecule has 0 N–H and O–H groups in total. The quantitative estimate of drug-likeness (QED) is 0.795. The number of anilines is 1. The van der Waals surface area contributed by atoms with Crippen molar-refractivity contribution in [2.45, 2.75) is 51.9 Å². The van der Waals surface area contributed by atoms with Crippen LogP contribution in [0.3, 0.4) is 0 Å². The minimum atomic E-state index is 0.322. The molecule has 2 aliphatic rings. The summed E-state index contributed by atoms with van der Waals surface area (Å²) in [6.07, 6.45) is 13.8. The van der Waals surface area contributed by atoms with E-state index in [1.807, 2.05) is 28.7 Å². The van der Waals surface area contributed by atoms with Crippen LogP contribution in [0.25, 0.3) is 5.82 Å². The molecular weight excluding hydrogens is 352 g/mol. The standard InChI is InChI=1S/C21H30N6O/c1-17-23-19(15-20(24-17)27-10-9-22-16-27)25-11-13-26(14-12-25)21(28)8-7-18-5-3-2-4-6-18/h9-10,15-16,18H,2-8,11-14H2,1H3. The summed E-state index contributed by atoms with van der Waals surface area (Å²) >= 11 is 0. The van der Waals surface area contributed by atoms with E-state index >= 15 is 0 Å². The van der Waals surface area contributed by atoms with Crippen molar-refractivity contribution in [3.8, 4) is 5.82 Å². The van der Waals surface area contributed by atoms with Crippen LogP contribution in [0.4, 0.5) is 5.82 Å². The SMILES string of the molecule is Cc1nc(N2CCN(C(=O)CCC3CCCCC3)CC2)cc(-n2ccnc2)n1. The van der Waals surface area contributed by atoms with Crippen molar-refractivity contribution in [3.05, 3.63) is 30.6 Å². The molecule has 1 aliphatic carbocycles. The predicted molar refractivity (Wildman–Crippen MR) is 108 cm³/mol. The molecular formula is C21H30N6O. The van der Waals surface area contributed by atoms with Crippen LogP contribution in [0.15, 0.2) is 24.8 Å². The highest BCUT2D eigenvalue weighted by Crippen LogP contribution is 2.27. The summed E-state index contributed by atoms with van der Waals surface area (Å²) in [5.74, 6) is 3.58. The number of hydrogen-bond acceptors (Lipinski definition) is 5. The Bertz CT molecular complexity index is 776. The Morgan fingerprint density at radius 1 is 1.07 bits per heavy atom. The first-order chi connectivity index (χ1) is 13.7. The average Bonchev–Trinajstić information content (AvgIpc) is 3.27. The van der Waals surface area contributed by atoms with Gasteiger partial charge in [0.15, 0.2) is 0 Å². The predicted octanol–water partition coefficient (Wildman–Crippen LogP) is 2.98. The van der Waals surface area contributed by atoms with Crippen LogP contribution in [-0.4, -0.2) is 56.5 Å². The van der Waals surface area contributed by atoms with E-state index in [9.17, 15) is 4.79 Å². The number of carbonyl (C=O) groups is 1. The third kappa shape index (κ3) is 4.51. The van der Waals surface area contributed by atoms with Crippen molar-refractivity contribution in [1.82, 2.24) is 24.4 Å². The first-order valence-electron chi connectivity index (χ1n) is 10.6. The molecule has 0 bridgehead atoms. The zero-order valence-electron chi connectivity index (χ0n) is 16.8. The summed E-state index contributed by atoms with van der Waals surface area (Å²) in [6.45, 7) is 5.08. The Labute approximate surface area is 166 Å². The van der Waals surface area contributed by atoms with E-state index in [0.717, 1.165) is 56.0 Å². The van der Waals surface area contributed by atoms with Gasteiger partial charge in [0.1, 0.15) is 23.8 Å². The van der Waals surface area contributed by atoms with Gasteiger partial charge in [0, 0.05) is 51.1 Å². The van der Waals surface area contributed by atoms with Crippen molar-refractivity contribution in [3.63, 3.8) is 0 Å². The lowest BCUT2D eigenvalue weighted by molar-refractivity contribution is -0.131. The van der Waals surface area contributed by atoms with Gasteiger partial charge >= 0.3 is 0 Å². The molecule has 1 saturated carbocycles. The zero-order valence-corrected chi connectivity index (χ0v) is 16.8. The minimum absolute atomic E-state index is 0.322. The first-order valence-corrected chi connectivity index (χ1v) is 10.6. The molecule has 2 aromatic heterocycles. The molecule has 0 spiro atoms. The van der Waals surface area contributed by atoms with E-state index < -0.39 is 0 Å². The summed E-state index contributed by atoms with van der Waals surface area (Å²) in [6, 6.07) is 2.00. The Hall–Kier alpha value is -2.44. The topological polar surface area (TPSA) is 67.2 Å². The van der Waals surface area contributed by atoms with E-state index in [1.165, 1.54) is 32.1 Å². The summed E-state index contributed by atoms with van der Waals surface area (Å²) in [5.41, 5.74) is 0. The van der Waals surface area contributed by atoms with E-state index in [1.54, 1.807) is 12.5 Å². The van der Waals surface area contributed by atoms with Crippen LogP contribution in [0.2, 0.25) is 0 Å². The number of imidazole rings is 1. The third-order valence-electron chi connectivity index (χ3n) is 6.03. The van der Waals surface area contributed by atoms with Gasteiger partial charge in [0.25, 0.3) is 0 Å². The molecule has 7 heteroatoms. The number of rotatable bonds is 5. The molecule has 0 atom stereocenters. The first kappa shape index (κ1) is 18.9. The van der Waals surface area contributed by atoms with Crippen molar-refractivity contribution >= 4 is 11.7 Å². The number of aromatic nitrogens is 4. The lowest BCUT2D eigenvalue weighted by Gasteiger charge is -2.36. The van der Waals surface area contributed by atoms with Crippen LogP contribution in [0, 0.1) is 12.8 Å². The molecule has 1 saturated heterocycles. The van der Waals surface area contributed by atoms with Crippen molar-refractivity contribution in [2.75, 3.05) is 31.1 Å². The second-order valence-electron chi connectivity index (χ2n) is 8.01. The highest BCUT2D eigenvalue weighted by Gasteiger charge is 2.23. The summed E-state index contributed by atoms with van der Waals surface area (Å²) in [4.78, 5) is 30.1. The fraction of sp³-hybridized carbons (Fsp3) is 0.619. The number of nitrogens with zero attached hydrogens (tertiary/aromatic N) is 6. The maximum absolute atomic E-state index is 12.6. The number of aryl methyl sites for hydroxylation is 1. The van der Waals surface area contributed by atoms with E-state index in [-0.39, 0.29) is 0 Å². The highest BCUT2D eigenvalue weighted by atomic mass is 16.2. The number of piperazine rings is 1. The smallest absolute Gasteiger partial charge is 0.222 e. The summed E-state index contributed by atoms with van der Waals surface area (Å²) in [7, 11) is 0. The monoisotopic (exact) mass is 382 g/mol. The summed E-state index contributed by atoms with van der Waals surface area (Å²) < 4.78 is 1.89. The normalized spacial score (nSPS) is 18.5. The summed E-state index contributed by atoms with van der Waals surface area (Å²) in [5, 5.41) is 0. The van der Waals surface area contributed by atoms with Crippen LogP contribution >= 0.6 is 0 Å². The number of carbonyl (C=O) groups excluding carboxylic acids is 1. The molecule has 28 heavy (non-hydrogen) atoms. The largest absolute Gasteiger partial charge is 0.353 e. The van der Waals surface area contributed by atoms with Crippen LogP contribution in [0.1, 0.15) is 50.8 Å². The van der Waals surface area contributed by atoms with Crippen LogP contribution in [0.5, 0.6) is 0 Å². The van der Waals surface area contributed by atoms with Gasteiger partial charge in [-0.15, -0.1) is 0 Å². The van der Waals surface area contributed by atoms with Crippen LogP contribution in [-0.2, 0) is 4.79 Å². The Balaban J connectivity index is 1.32. The Kier molecular flexibility index (Phi) is 5.88. The number of amides is 1. The molecule has 0 unspecified atom stereocenters. The molecule has 0 radical (unpaired) electrons.